The second-order valence-electron chi connectivity index (χ2n) is 8.13. The summed E-state index contributed by atoms with van der Waals surface area (Å²) in [5.74, 6) is 5.11. The van der Waals surface area contributed by atoms with Gasteiger partial charge in [0.1, 0.15) is 18.0 Å². The van der Waals surface area contributed by atoms with Gasteiger partial charge in [-0.15, -0.1) is 0 Å². The fourth-order valence-electron chi connectivity index (χ4n) is 3.39. The molecule has 0 saturated heterocycles. The summed E-state index contributed by atoms with van der Waals surface area (Å²) >= 11 is 0. The van der Waals surface area contributed by atoms with Crippen LogP contribution in [0.3, 0.4) is 0 Å². The Morgan fingerprint density at radius 2 is 1.67 bits per heavy atom. The summed E-state index contributed by atoms with van der Waals surface area (Å²) in [6, 6.07) is 12.3. The van der Waals surface area contributed by atoms with E-state index in [0.717, 1.165) is 10.9 Å². The monoisotopic (exact) mass is 453 g/mol. The van der Waals surface area contributed by atoms with E-state index in [1.807, 2.05) is 0 Å². The summed E-state index contributed by atoms with van der Waals surface area (Å²) in [6.45, 7) is 1.90. The van der Waals surface area contributed by atoms with Crippen LogP contribution in [0.25, 0.3) is 33.4 Å². The first-order valence-corrected chi connectivity index (χ1v) is 10.0. The quantitative estimate of drug-likeness (QED) is 0.325. The van der Waals surface area contributed by atoms with Crippen LogP contribution in [0.15, 0.2) is 61.1 Å². The van der Waals surface area contributed by atoms with Gasteiger partial charge in [0.05, 0.1) is 23.2 Å². The summed E-state index contributed by atoms with van der Waals surface area (Å²) in [5.41, 5.74) is 1.58. The van der Waals surface area contributed by atoms with E-state index in [9.17, 15) is 22.7 Å². The van der Waals surface area contributed by atoms with Crippen LogP contribution < -0.4 is 0 Å². The molecule has 4 aromatic rings. The minimum Gasteiger partial charge on any atom is -0.378 e. The van der Waals surface area contributed by atoms with Crippen molar-refractivity contribution in [2.24, 2.45) is 0 Å². The lowest BCUT2D eigenvalue weighted by Crippen LogP contribution is -2.17. The van der Waals surface area contributed by atoms with Crippen LogP contribution in [0.1, 0.15) is 19.4 Å². The summed E-state index contributed by atoms with van der Waals surface area (Å²) in [6.07, 6.45) is -1.75. The molecule has 4 nitrogen and oxygen atoms in total. The predicted molar refractivity (Wildman–Crippen MR) is 118 cm³/mol. The van der Waals surface area contributed by atoms with Crippen LogP contribution in [0.5, 0.6) is 0 Å². The van der Waals surface area contributed by atoms with Gasteiger partial charge in [-0.25, -0.2) is 9.37 Å². The van der Waals surface area contributed by atoms with Gasteiger partial charge in [-0.1, -0.05) is 17.9 Å². The van der Waals surface area contributed by atoms with Gasteiger partial charge >= 0.3 is 6.18 Å². The van der Waals surface area contributed by atoms with E-state index in [2.05, 4.69) is 21.8 Å². The molecule has 0 aliphatic heterocycles. The second-order valence-corrected chi connectivity index (χ2v) is 8.13. The molecule has 2 aromatic carbocycles. The van der Waals surface area contributed by atoms with Crippen molar-refractivity contribution in [1.82, 2.24) is 14.5 Å². The van der Waals surface area contributed by atoms with Crippen molar-refractivity contribution in [3.05, 3.63) is 72.4 Å². The molecule has 168 valence electrons. The third-order valence-corrected chi connectivity index (χ3v) is 4.77. The first kappa shape index (κ1) is 22.5. The van der Waals surface area contributed by atoms with E-state index in [4.69, 9.17) is 0 Å². The Hall–Kier alpha value is -3.70. The van der Waals surface area contributed by atoms with Gasteiger partial charge in [-0.05, 0) is 56.3 Å². The van der Waals surface area contributed by atoms with Crippen LogP contribution in [-0.4, -0.2) is 31.4 Å². The summed E-state index contributed by atoms with van der Waals surface area (Å²) in [5, 5.41) is 10.5. The standard InChI is InChI=1S/C25H19F4N3O/c1-24(2,33)10-9-16-11-19-12-18(5-8-21(19)30-13-16)23-22(17-3-6-20(26)7-4-17)31-15-32(23)14-25(27,28)29/h3-8,11-13,15,33H,14H2,1-2H3. The highest BCUT2D eigenvalue weighted by atomic mass is 19.4. The van der Waals surface area contributed by atoms with Crippen molar-refractivity contribution in [2.45, 2.75) is 32.2 Å². The molecule has 0 aliphatic carbocycles. The van der Waals surface area contributed by atoms with Gasteiger partial charge in [0.25, 0.3) is 0 Å². The zero-order valence-electron chi connectivity index (χ0n) is 17.8. The largest absolute Gasteiger partial charge is 0.406 e. The number of aromatic nitrogens is 3. The molecule has 1 N–H and O–H groups in total. The maximum atomic E-state index is 13.4. The zero-order chi connectivity index (χ0) is 23.8. The van der Waals surface area contributed by atoms with Crippen molar-refractivity contribution in [3.63, 3.8) is 0 Å². The Kier molecular flexibility index (Phi) is 5.68. The van der Waals surface area contributed by atoms with E-state index in [1.54, 1.807) is 44.3 Å². The molecule has 0 saturated carbocycles. The van der Waals surface area contributed by atoms with Gasteiger partial charge in [-0.3, -0.25) is 4.98 Å². The minimum absolute atomic E-state index is 0.258. The highest BCUT2D eigenvalue weighted by Crippen LogP contribution is 2.34. The van der Waals surface area contributed by atoms with Gasteiger partial charge in [0.2, 0.25) is 0 Å². The molecule has 2 aromatic heterocycles. The van der Waals surface area contributed by atoms with Gasteiger partial charge < -0.3 is 9.67 Å². The molecule has 33 heavy (non-hydrogen) atoms. The molecule has 0 aliphatic rings. The molecule has 0 fully saturated rings. The smallest absolute Gasteiger partial charge is 0.378 e. The average molecular weight is 453 g/mol. The number of imidazole rings is 1. The topological polar surface area (TPSA) is 50.9 Å². The number of hydrogen-bond acceptors (Lipinski definition) is 3. The number of alkyl halides is 3. The number of halogens is 4. The van der Waals surface area contributed by atoms with E-state index >= 15 is 0 Å². The fourth-order valence-corrected chi connectivity index (χ4v) is 3.39. The Balaban J connectivity index is 1.86. The number of fused-ring (bicyclic) bond motifs is 1. The predicted octanol–water partition coefficient (Wildman–Crippen LogP) is 5.59. The highest BCUT2D eigenvalue weighted by molar-refractivity contribution is 5.88. The molecule has 8 heteroatoms. The molecular weight excluding hydrogens is 434 g/mol. The number of hydrogen-bond donors (Lipinski definition) is 1. The Morgan fingerprint density at radius 3 is 2.33 bits per heavy atom. The van der Waals surface area contributed by atoms with Gasteiger partial charge in [0.15, 0.2) is 0 Å². The zero-order valence-corrected chi connectivity index (χ0v) is 17.8. The number of rotatable bonds is 3. The first-order valence-electron chi connectivity index (χ1n) is 10.0. The van der Waals surface area contributed by atoms with Crippen molar-refractivity contribution < 1.29 is 22.7 Å². The SMILES string of the molecule is CC(C)(O)C#Cc1cnc2ccc(-c3c(-c4ccc(F)cc4)ncn3CC(F)(F)F)cc2c1. The summed E-state index contributed by atoms with van der Waals surface area (Å²) < 4.78 is 54.2. The van der Waals surface area contributed by atoms with Gasteiger partial charge in [0, 0.05) is 28.3 Å². The van der Waals surface area contributed by atoms with Crippen LogP contribution >= 0.6 is 0 Å². The minimum atomic E-state index is -4.45. The second kappa shape index (κ2) is 8.34. The number of pyridine rings is 1. The summed E-state index contributed by atoms with van der Waals surface area (Å²) in [7, 11) is 0. The van der Waals surface area contributed by atoms with E-state index in [-0.39, 0.29) is 5.69 Å². The van der Waals surface area contributed by atoms with Crippen LogP contribution in [0.2, 0.25) is 0 Å². The molecule has 0 radical (unpaired) electrons. The Labute approximate surface area is 187 Å². The van der Waals surface area contributed by atoms with Crippen molar-refractivity contribution in [1.29, 1.82) is 0 Å². The highest BCUT2D eigenvalue weighted by Gasteiger charge is 2.30. The summed E-state index contributed by atoms with van der Waals surface area (Å²) in [4.78, 5) is 8.55. The van der Waals surface area contributed by atoms with Gasteiger partial charge in [-0.2, -0.15) is 13.2 Å². The average Bonchev–Trinajstić information content (AvgIpc) is 3.13. The molecule has 4 rings (SSSR count). The van der Waals surface area contributed by atoms with Crippen LogP contribution in [0, 0.1) is 17.7 Å². The normalized spacial score (nSPS) is 12.0. The van der Waals surface area contributed by atoms with Crippen LogP contribution in [-0.2, 0) is 6.54 Å². The molecule has 0 spiro atoms. The number of nitrogens with zero attached hydrogens (tertiary/aromatic N) is 3. The lowest BCUT2D eigenvalue weighted by molar-refractivity contribution is -0.140. The molecule has 0 atom stereocenters. The Morgan fingerprint density at radius 1 is 0.970 bits per heavy atom. The molecular formula is C25H19F4N3O. The molecule has 0 bridgehead atoms. The third-order valence-electron chi connectivity index (χ3n) is 4.77. The van der Waals surface area contributed by atoms with Crippen molar-refractivity contribution in [2.75, 3.05) is 0 Å². The first-order chi connectivity index (χ1) is 15.5. The fraction of sp³-hybridized carbons (Fsp3) is 0.200. The van der Waals surface area contributed by atoms with E-state index in [1.165, 1.54) is 24.3 Å². The number of aliphatic hydroxyl groups is 1. The lowest BCUT2D eigenvalue weighted by Gasteiger charge is -2.13. The number of benzene rings is 2. The molecule has 2 heterocycles. The van der Waals surface area contributed by atoms with E-state index in [0.29, 0.717) is 33.3 Å². The molecule has 0 unspecified atom stereocenters. The van der Waals surface area contributed by atoms with Crippen molar-refractivity contribution in [3.8, 4) is 34.4 Å². The third kappa shape index (κ3) is 5.38. The maximum absolute atomic E-state index is 13.4. The Bertz CT molecular complexity index is 1370. The van der Waals surface area contributed by atoms with Crippen molar-refractivity contribution >= 4 is 10.9 Å². The molecule has 0 amide bonds. The van der Waals surface area contributed by atoms with E-state index < -0.39 is 24.1 Å². The van der Waals surface area contributed by atoms with Crippen LogP contribution in [0.4, 0.5) is 17.6 Å². The lowest BCUT2D eigenvalue weighted by atomic mass is 10.0. The maximum Gasteiger partial charge on any atom is 0.406 e.